The molecule has 158 valence electrons. The summed E-state index contributed by atoms with van der Waals surface area (Å²) < 4.78 is 7.60. The van der Waals surface area contributed by atoms with Crippen LogP contribution in [0.5, 0.6) is 0 Å². The number of ether oxygens (including phenoxy) is 1. The van der Waals surface area contributed by atoms with E-state index in [2.05, 4.69) is 10.4 Å². The average Bonchev–Trinajstić information content (AvgIpc) is 3.25. The minimum Gasteiger partial charge on any atom is -0.465 e. The smallest absolute Gasteiger partial charge is 0.338 e. The number of carbonyl (C=O) groups is 2. The second-order valence-electron chi connectivity index (χ2n) is 7.05. The summed E-state index contributed by atoms with van der Waals surface area (Å²) >= 11 is 7.81. The van der Waals surface area contributed by atoms with Crippen LogP contribution >= 0.6 is 22.9 Å². The van der Waals surface area contributed by atoms with E-state index in [-0.39, 0.29) is 5.91 Å². The molecule has 6 nitrogen and oxygen atoms in total. The highest BCUT2D eigenvalue weighted by Gasteiger charge is 2.21. The third kappa shape index (κ3) is 3.94. The summed E-state index contributed by atoms with van der Waals surface area (Å²) in [5, 5.41) is 8.84. The van der Waals surface area contributed by atoms with Crippen molar-refractivity contribution in [1.29, 1.82) is 0 Å². The molecule has 0 aliphatic heterocycles. The molecule has 1 amide bonds. The summed E-state index contributed by atoms with van der Waals surface area (Å²) in [5.41, 5.74) is 3.36. The van der Waals surface area contributed by atoms with E-state index in [1.165, 1.54) is 18.4 Å². The van der Waals surface area contributed by atoms with Gasteiger partial charge in [0.15, 0.2) is 0 Å². The Balaban J connectivity index is 1.62. The molecule has 4 aromatic rings. The van der Waals surface area contributed by atoms with Crippen LogP contribution < -0.4 is 5.32 Å². The number of benzene rings is 2. The molecule has 1 N–H and O–H groups in total. The fraction of sp³-hybridized carbons (Fsp3) is 0.174. The van der Waals surface area contributed by atoms with Gasteiger partial charge in [-0.05, 0) is 31.5 Å². The number of anilines is 1. The van der Waals surface area contributed by atoms with Gasteiger partial charge in [0.2, 0.25) is 0 Å². The SMILES string of the molecule is COC(=O)c1ccccc1Cn1nc(C)c(NC(=O)c2sc3ccccc3c2Cl)c1C. The van der Waals surface area contributed by atoms with Crippen LogP contribution in [0.3, 0.4) is 0 Å². The van der Waals surface area contributed by atoms with Crippen molar-refractivity contribution in [2.75, 3.05) is 12.4 Å². The van der Waals surface area contributed by atoms with Gasteiger partial charge in [-0.25, -0.2) is 4.79 Å². The Bertz CT molecular complexity index is 1310. The quantitative estimate of drug-likeness (QED) is 0.407. The molecule has 0 atom stereocenters. The topological polar surface area (TPSA) is 73.2 Å². The number of aromatic nitrogens is 2. The predicted octanol–water partition coefficient (Wildman–Crippen LogP) is 5.46. The lowest BCUT2D eigenvalue weighted by molar-refractivity contribution is 0.0599. The van der Waals surface area contributed by atoms with Gasteiger partial charge in [0, 0.05) is 10.1 Å². The van der Waals surface area contributed by atoms with Crippen molar-refractivity contribution in [1.82, 2.24) is 9.78 Å². The van der Waals surface area contributed by atoms with Crippen molar-refractivity contribution < 1.29 is 14.3 Å². The van der Waals surface area contributed by atoms with E-state index in [1.807, 2.05) is 50.2 Å². The van der Waals surface area contributed by atoms with Gasteiger partial charge >= 0.3 is 5.97 Å². The van der Waals surface area contributed by atoms with Gasteiger partial charge in [-0.2, -0.15) is 5.10 Å². The Hall–Kier alpha value is -3.16. The first-order chi connectivity index (χ1) is 14.9. The summed E-state index contributed by atoms with van der Waals surface area (Å²) in [6.45, 7) is 4.08. The molecule has 0 saturated carbocycles. The van der Waals surface area contributed by atoms with Gasteiger partial charge in [-0.1, -0.05) is 48.0 Å². The van der Waals surface area contributed by atoms with Crippen LogP contribution in [0.4, 0.5) is 5.69 Å². The lowest BCUT2D eigenvalue weighted by Gasteiger charge is -2.10. The van der Waals surface area contributed by atoms with Crippen molar-refractivity contribution >= 4 is 50.6 Å². The number of thiophene rings is 1. The third-order valence-corrected chi connectivity index (χ3v) is 6.78. The largest absolute Gasteiger partial charge is 0.465 e. The van der Waals surface area contributed by atoms with Gasteiger partial charge in [0.1, 0.15) is 4.88 Å². The number of halogens is 1. The number of fused-ring (bicyclic) bond motifs is 1. The molecule has 2 heterocycles. The molecule has 0 radical (unpaired) electrons. The Morgan fingerprint density at radius 1 is 1.13 bits per heavy atom. The van der Waals surface area contributed by atoms with Crippen molar-refractivity contribution in [2.24, 2.45) is 0 Å². The maximum absolute atomic E-state index is 13.0. The van der Waals surface area contributed by atoms with E-state index >= 15 is 0 Å². The second kappa shape index (κ2) is 8.53. The van der Waals surface area contributed by atoms with E-state index < -0.39 is 5.97 Å². The number of esters is 1. The second-order valence-corrected chi connectivity index (χ2v) is 8.48. The van der Waals surface area contributed by atoms with Crippen molar-refractivity contribution in [3.8, 4) is 0 Å². The van der Waals surface area contributed by atoms with Crippen molar-refractivity contribution in [2.45, 2.75) is 20.4 Å². The molecule has 0 spiro atoms. The number of nitrogens with one attached hydrogen (secondary N) is 1. The Kier molecular flexibility index (Phi) is 5.80. The standard InChI is InChI=1S/C23H20ClN3O3S/c1-13-20(25-22(28)21-19(24)17-10-6-7-11-18(17)31-21)14(2)27(26-13)12-15-8-4-5-9-16(15)23(29)30-3/h4-11H,12H2,1-3H3,(H,25,28). The number of methoxy groups -OCH3 is 1. The van der Waals surface area contributed by atoms with Crippen LogP contribution in [0.1, 0.15) is 37.0 Å². The summed E-state index contributed by atoms with van der Waals surface area (Å²) in [6.07, 6.45) is 0. The molecular formula is C23H20ClN3O3S. The van der Waals surface area contributed by atoms with E-state index in [0.717, 1.165) is 21.3 Å². The highest BCUT2D eigenvalue weighted by Crippen LogP contribution is 2.36. The van der Waals surface area contributed by atoms with E-state index in [9.17, 15) is 9.59 Å². The number of rotatable bonds is 5. The maximum atomic E-state index is 13.0. The zero-order valence-electron chi connectivity index (χ0n) is 17.2. The number of amides is 1. The van der Waals surface area contributed by atoms with Gasteiger partial charge in [-0.3, -0.25) is 9.48 Å². The number of hydrogen-bond acceptors (Lipinski definition) is 5. The first kappa shape index (κ1) is 21.1. The number of aryl methyl sites for hydroxylation is 1. The van der Waals surface area contributed by atoms with E-state index in [1.54, 1.807) is 16.8 Å². The van der Waals surface area contributed by atoms with Crippen molar-refractivity contribution in [3.05, 3.63) is 80.9 Å². The lowest BCUT2D eigenvalue weighted by atomic mass is 10.1. The molecular weight excluding hydrogens is 434 g/mol. The predicted molar refractivity (Wildman–Crippen MR) is 123 cm³/mol. The van der Waals surface area contributed by atoms with E-state index in [0.29, 0.717) is 33.4 Å². The highest BCUT2D eigenvalue weighted by molar-refractivity contribution is 7.21. The van der Waals surface area contributed by atoms with Crippen molar-refractivity contribution in [3.63, 3.8) is 0 Å². The van der Waals surface area contributed by atoms with Gasteiger partial charge < -0.3 is 10.1 Å². The maximum Gasteiger partial charge on any atom is 0.338 e. The molecule has 0 unspecified atom stereocenters. The monoisotopic (exact) mass is 453 g/mol. The number of hydrogen-bond donors (Lipinski definition) is 1. The van der Waals surface area contributed by atoms with Crippen LogP contribution in [0.15, 0.2) is 48.5 Å². The minimum atomic E-state index is -0.398. The molecule has 31 heavy (non-hydrogen) atoms. The first-order valence-electron chi connectivity index (χ1n) is 9.59. The Morgan fingerprint density at radius 2 is 1.84 bits per heavy atom. The van der Waals surface area contributed by atoms with Crippen LogP contribution in [-0.2, 0) is 11.3 Å². The van der Waals surface area contributed by atoms with Gasteiger partial charge in [0.05, 0.1) is 41.3 Å². The van der Waals surface area contributed by atoms with Gasteiger partial charge in [-0.15, -0.1) is 11.3 Å². The molecule has 0 aliphatic carbocycles. The minimum absolute atomic E-state index is 0.271. The average molecular weight is 454 g/mol. The summed E-state index contributed by atoms with van der Waals surface area (Å²) in [5.74, 6) is -0.669. The number of nitrogens with zero attached hydrogens (tertiary/aromatic N) is 2. The van der Waals surface area contributed by atoms with E-state index in [4.69, 9.17) is 16.3 Å². The Labute approximate surface area is 188 Å². The molecule has 0 saturated heterocycles. The van der Waals surface area contributed by atoms with Crippen LogP contribution in [0.25, 0.3) is 10.1 Å². The van der Waals surface area contributed by atoms with Gasteiger partial charge in [0.25, 0.3) is 5.91 Å². The molecule has 0 fully saturated rings. The fourth-order valence-corrected chi connectivity index (χ4v) is 4.90. The lowest BCUT2D eigenvalue weighted by Crippen LogP contribution is -2.13. The van der Waals surface area contributed by atoms with Crippen LogP contribution in [0.2, 0.25) is 5.02 Å². The molecule has 0 aliphatic rings. The zero-order valence-corrected chi connectivity index (χ0v) is 18.8. The third-order valence-electron chi connectivity index (χ3n) is 5.10. The summed E-state index contributed by atoms with van der Waals surface area (Å²) in [7, 11) is 1.36. The molecule has 4 rings (SSSR count). The summed E-state index contributed by atoms with van der Waals surface area (Å²) in [4.78, 5) is 25.5. The molecule has 0 bridgehead atoms. The Morgan fingerprint density at radius 3 is 2.58 bits per heavy atom. The number of carbonyl (C=O) groups excluding carboxylic acids is 2. The molecule has 8 heteroatoms. The van der Waals surface area contributed by atoms with Crippen LogP contribution in [-0.4, -0.2) is 28.8 Å². The fourth-order valence-electron chi connectivity index (χ4n) is 3.49. The first-order valence-corrected chi connectivity index (χ1v) is 10.8. The van der Waals surface area contributed by atoms with Crippen LogP contribution in [0, 0.1) is 13.8 Å². The zero-order chi connectivity index (χ0) is 22.1. The highest BCUT2D eigenvalue weighted by atomic mass is 35.5. The molecule has 2 aromatic heterocycles. The summed E-state index contributed by atoms with van der Waals surface area (Å²) in [6, 6.07) is 14.9. The molecule has 2 aromatic carbocycles. The normalized spacial score (nSPS) is 11.0.